The van der Waals surface area contributed by atoms with Gasteiger partial charge < -0.3 is 25.1 Å². The average Bonchev–Trinajstić information content (AvgIpc) is 3.12. The van der Waals surface area contributed by atoms with E-state index in [1.165, 1.54) is 0 Å². The van der Waals surface area contributed by atoms with Crippen molar-refractivity contribution in [1.29, 1.82) is 0 Å². The summed E-state index contributed by atoms with van der Waals surface area (Å²) in [6, 6.07) is 15.6. The SMILES string of the molecule is CS(C)(C)CCOCn1c(CNC(=O)OCc2ccccc2)nc2cccc(CCN)c21. The van der Waals surface area contributed by atoms with Crippen LogP contribution in [0.2, 0.25) is 0 Å². The molecule has 0 aliphatic carbocycles. The second kappa shape index (κ2) is 11.4. The number of nitrogens with zero attached hydrogens (tertiary/aromatic N) is 2. The van der Waals surface area contributed by atoms with Gasteiger partial charge in [-0.25, -0.2) is 19.8 Å². The molecule has 0 aliphatic heterocycles. The molecular weight excluding hydrogens is 424 g/mol. The van der Waals surface area contributed by atoms with Gasteiger partial charge in [0.15, 0.2) is 0 Å². The van der Waals surface area contributed by atoms with Gasteiger partial charge in [0.05, 0.1) is 24.2 Å². The van der Waals surface area contributed by atoms with Crippen molar-refractivity contribution < 1.29 is 14.3 Å². The number of hydrogen-bond acceptors (Lipinski definition) is 5. The number of hydrogen-bond donors (Lipinski definition) is 2. The minimum Gasteiger partial charge on any atom is -0.445 e. The predicted molar refractivity (Wildman–Crippen MR) is 132 cm³/mol. The van der Waals surface area contributed by atoms with Crippen LogP contribution in [0.1, 0.15) is 17.0 Å². The first-order valence-corrected chi connectivity index (χ1v) is 13.8. The number of nitrogens with two attached hydrogens (primary N) is 1. The summed E-state index contributed by atoms with van der Waals surface area (Å²) in [7, 11) is -0.625. The van der Waals surface area contributed by atoms with Gasteiger partial charge in [0, 0.05) is 5.75 Å². The molecule has 3 N–H and O–H groups in total. The molecule has 0 atom stereocenters. The van der Waals surface area contributed by atoms with Crippen LogP contribution in [-0.2, 0) is 35.8 Å². The van der Waals surface area contributed by atoms with E-state index < -0.39 is 16.1 Å². The van der Waals surface area contributed by atoms with Gasteiger partial charge in [-0.05, 0) is 48.9 Å². The van der Waals surface area contributed by atoms with E-state index in [2.05, 4.69) is 30.2 Å². The van der Waals surface area contributed by atoms with Crippen molar-refractivity contribution in [3.63, 3.8) is 0 Å². The van der Waals surface area contributed by atoms with Crippen LogP contribution in [0, 0.1) is 0 Å². The lowest BCUT2D eigenvalue weighted by molar-refractivity contribution is 0.0896. The third-order valence-corrected chi connectivity index (χ3v) is 6.40. The second-order valence-corrected chi connectivity index (χ2v) is 13.1. The van der Waals surface area contributed by atoms with E-state index in [4.69, 9.17) is 20.2 Å². The summed E-state index contributed by atoms with van der Waals surface area (Å²) in [5.41, 5.74) is 9.77. The highest BCUT2D eigenvalue weighted by Gasteiger charge is 2.15. The zero-order valence-corrected chi connectivity index (χ0v) is 20.0. The molecule has 0 radical (unpaired) electrons. The highest BCUT2D eigenvalue weighted by Crippen LogP contribution is 2.33. The van der Waals surface area contributed by atoms with Crippen molar-refractivity contribution in [3.05, 3.63) is 65.5 Å². The van der Waals surface area contributed by atoms with Crippen LogP contribution in [0.25, 0.3) is 11.0 Å². The van der Waals surface area contributed by atoms with Gasteiger partial charge in [-0.3, -0.25) is 0 Å². The Hall–Kier alpha value is -2.55. The first-order valence-electron chi connectivity index (χ1n) is 10.7. The molecule has 7 nitrogen and oxygen atoms in total. The minimum absolute atomic E-state index is 0.224. The number of benzene rings is 2. The fourth-order valence-electron chi connectivity index (χ4n) is 3.33. The molecule has 1 aromatic heterocycles. The maximum absolute atomic E-state index is 12.2. The molecule has 174 valence electrons. The summed E-state index contributed by atoms with van der Waals surface area (Å²) >= 11 is 0. The Bertz CT molecular complexity index is 1020. The van der Waals surface area contributed by atoms with Crippen molar-refractivity contribution in [1.82, 2.24) is 14.9 Å². The predicted octanol–water partition coefficient (Wildman–Crippen LogP) is 3.63. The molecule has 32 heavy (non-hydrogen) atoms. The number of rotatable bonds is 11. The summed E-state index contributed by atoms with van der Waals surface area (Å²) in [5, 5.41) is 2.82. The Balaban J connectivity index is 1.71. The van der Waals surface area contributed by atoms with Gasteiger partial charge in [0.2, 0.25) is 0 Å². The molecule has 1 amide bonds. The number of carbonyl (C=O) groups is 1. The zero-order chi connectivity index (χ0) is 23.0. The average molecular weight is 459 g/mol. The van der Waals surface area contributed by atoms with E-state index in [0.29, 0.717) is 19.9 Å². The lowest BCUT2D eigenvalue weighted by Gasteiger charge is -2.24. The van der Waals surface area contributed by atoms with Crippen molar-refractivity contribution in [2.45, 2.75) is 26.3 Å². The quantitative estimate of drug-likeness (QED) is 0.428. The smallest absolute Gasteiger partial charge is 0.407 e. The zero-order valence-electron chi connectivity index (χ0n) is 19.2. The van der Waals surface area contributed by atoms with Gasteiger partial charge in [0.25, 0.3) is 0 Å². The molecule has 0 unspecified atom stereocenters. The van der Waals surface area contributed by atoms with Crippen molar-refractivity contribution >= 4 is 27.2 Å². The fourth-order valence-corrected chi connectivity index (χ4v) is 3.95. The van der Waals surface area contributed by atoms with Crippen molar-refractivity contribution in [3.8, 4) is 0 Å². The van der Waals surface area contributed by atoms with Crippen molar-refractivity contribution in [2.75, 3.05) is 37.7 Å². The summed E-state index contributed by atoms with van der Waals surface area (Å²) in [6.45, 7) is 2.09. The van der Waals surface area contributed by atoms with E-state index in [-0.39, 0.29) is 13.2 Å². The Morgan fingerprint density at radius 2 is 1.91 bits per heavy atom. The normalized spacial score (nSPS) is 12.1. The van der Waals surface area contributed by atoms with Gasteiger partial charge in [0.1, 0.15) is 19.2 Å². The van der Waals surface area contributed by atoms with E-state index >= 15 is 0 Å². The summed E-state index contributed by atoms with van der Waals surface area (Å²) in [6.07, 6.45) is 7.10. The van der Waals surface area contributed by atoms with Crippen LogP contribution in [0.3, 0.4) is 0 Å². The summed E-state index contributed by atoms with van der Waals surface area (Å²) in [4.78, 5) is 17.0. The molecule has 0 fully saturated rings. The molecule has 3 rings (SSSR count). The largest absolute Gasteiger partial charge is 0.445 e. The third-order valence-electron chi connectivity index (χ3n) is 5.01. The third kappa shape index (κ3) is 6.98. The van der Waals surface area contributed by atoms with E-state index in [9.17, 15) is 4.79 Å². The van der Waals surface area contributed by atoms with E-state index in [0.717, 1.165) is 40.2 Å². The molecule has 2 aromatic carbocycles. The Morgan fingerprint density at radius 3 is 2.62 bits per heavy atom. The highest BCUT2D eigenvalue weighted by molar-refractivity contribution is 8.32. The second-order valence-electron chi connectivity index (χ2n) is 8.53. The number of nitrogens with one attached hydrogen (secondary N) is 1. The number of fused-ring (bicyclic) bond motifs is 1. The maximum Gasteiger partial charge on any atom is 0.407 e. The van der Waals surface area contributed by atoms with Crippen LogP contribution in [0.15, 0.2) is 48.5 Å². The maximum atomic E-state index is 12.2. The lowest BCUT2D eigenvalue weighted by Crippen LogP contribution is -2.26. The molecule has 0 saturated carbocycles. The number of amides is 1. The first kappa shape index (κ1) is 24.1. The standard InChI is InChI=1S/C24H34N4O3S/c1-32(2,3)15-14-30-18-28-22(27-21-11-7-10-20(12-13-25)23(21)28)16-26-24(29)31-17-19-8-5-4-6-9-19/h4-11H,12-18,25H2,1-3H3,(H,26,29). The summed E-state index contributed by atoms with van der Waals surface area (Å²) in [5.74, 6) is 1.76. The number of aromatic nitrogens is 2. The van der Waals surface area contributed by atoms with Crippen LogP contribution in [0.5, 0.6) is 0 Å². The number of para-hydroxylation sites is 1. The lowest BCUT2D eigenvalue weighted by atomic mass is 10.1. The molecule has 8 heteroatoms. The highest BCUT2D eigenvalue weighted by atomic mass is 32.3. The Kier molecular flexibility index (Phi) is 8.55. The number of carbonyl (C=O) groups excluding carboxylic acids is 1. The molecule has 3 aromatic rings. The fraction of sp³-hybridized carbons (Fsp3) is 0.417. The van der Waals surface area contributed by atoms with Crippen LogP contribution < -0.4 is 11.1 Å². The van der Waals surface area contributed by atoms with Crippen molar-refractivity contribution in [2.24, 2.45) is 5.73 Å². The molecule has 0 spiro atoms. The molecule has 0 bridgehead atoms. The monoisotopic (exact) mass is 458 g/mol. The molecule has 1 heterocycles. The summed E-state index contributed by atoms with van der Waals surface area (Å²) < 4.78 is 13.4. The number of ether oxygens (including phenoxy) is 2. The van der Waals surface area contributed by atoms with E-state index in [1.54, 1.807) is 0 Å². The van der Waals surface area contributed by atoms with Gasteiger partial charge in [-0.2, -0.15) is 0 Å². The van der Waals surface area contributed by atoms with E-state index in [1.807, 2.05) is 47.0 Å². The van der Waals surface area contributed by atoms with Gasteiger partial charge >= 0.3 is 6.09 Å². The Labute approximate surface area is 191 Å². The van der Waals surface area contributed by atoms with Gasteiger partial charge in [-0.1, -0.05) is 42.5 Å². The number of alkyl carbamates (subject to hydrolysis) is 1. The molecule has 0 aliphatic rings. The van der Waals surface area contributed by atoms with Crippen LogP contribution in [-0.4, -0.2) is 53.3 Å². The Morgan fingerprint density at radius 1 is 1.12 bits per heavy atom. The molecular formula is C24H34N4O3S. The van der Waals surface area contributed by atoms with Crippen LogP contribution in [0.4, 0.5) is 4.79 Å². The topological polar surface area (TPSA) is 91.4 Å². The number of imidazole rings is 1. The van der Waals surface area contributed by atoms with Crippen LogP contribution >= 0.6 is 10.0 Å². The minimum atomic E-state index is -0.625. The van der Waals surface area contributed by atoms with Gasteiger partial charge in [-0.15, -0.1) is 0 Å². The molecule has 0 saturated heterocycles. The first-order chi connectivity index (χ1) is 15.4.